The molecule has 0 aliphatic rings. The summed E-state index contributed by atoms with van der Waals surface area (Å²) in [5.41, 5.74) is 0.277. The molecule has 27 heavy (non-hydrogen) atoms. The second-order valence-electron chi connectivity index (χ2n) is 5.48. The Bertz CT molecular complexity index is 1040. The molecule has 10 heteroatoms. The summed E-state index contributed by atoms with van der Waals surface area (Å²) in [4.78, 5) is 17.2. The number of methoxy groups -OCH3 is 2. The van der Waals surface area contributed by atoms with E-state index in [2.05, 4.69) is 10.1 Å². The number of halogens is 3. The van der Waals surface area contributed by atoms with Gasteiger partial charge < -0.3 is 9.47 Å². The monoisotopic (exact) mass is 397 g/mol. The lowest BCUT2D eigenvalue weighted by Crippen LogP contribution is -2.05. The molecular weight excluding hydrogens is 383 g/mol. The highest BCUT2D eigenvalue weighted by molar-refractivity contribution is 7.18. The SMILES string of the molecule is COC=C(C(=O)OC)c1sc2nc(-c3cccc(C(F)(F)F)c3)nn2c1C. The highest BCUT2D eigenvalue weighted by Gasteiger charge is 2.31. The summed E-state index contributed by atoms with van der Waals surface area (Å²) in [5.74, 6) is -0.417. The first-order valence-corrected chi connectivity index (χ1v) is 8.43. The van der Waals surface area contributed by atoms with Gasteiger partial charge in [-0.1, -0.05) is 23.5 Å². The van der Waals surface area contributed by atoms with E-state index in [0.29, 0.717) is 15.5 Å². The predicted octanol–water partition coefficient (Wildman–Crippen LogP) is 3.95. The number of nitrogens with zero attached hydrogens (tertiary/aromatic N) is 3. The maximum atomic E-state index is 12.9. The van der Waals surface area contributed by atoms with Crippen molar-refractivity contribution in [3.63, 3.8) is 0 Å². The van der Waals surface area contributed by atoms with Crippen molar-refractivity contribution in [2.75, 3.05) is 14.2 Å². The number of ether oxygens (including phenoxy) is 2. The number of carbonyl (C=O) groups excluding carboxylic acids is 1. The van der Waals surface area contributed by atoms with E-state index in [1.807, 2.05) is 0 Å². The molecule has 6 nitrogen and oxygen atoms in total. The first-order valence-electron chi connectivity index (χ1n) is 7.61. The lowest BCUT2D eigenvalue weighted by Gasteiger charge is -2.07. The van der Waals surface area contributed by atoms with E-state index >= 15 is 0 Å². The van der Waals surface area contributed by atoms with Crippen molar-refractivity contribution >= 4 is 27.8 Å². The van der Waals surface area contributed by atoms with Crippen LogP contribution < -0.4 is 0 Å². The molecule has 0 radical (unpaired) electrons. The van der Waals surface area contributed by atoms with Crippen molar-refractivity contribution in [2.45, 2.75) is 13.1 Å². The summed E-state index contributed by atoms with van der Waals surface area (Å²) in [5, 5.41) is 4.28. The first-order chi connectivity index (χ1) is 12.8. The van der Waals surface area contributed by atoms with Crippen molar-refractivity contribution in [1.29, 1.82) is 0 Å². The molecule has 0 spiro atoms. The highest BCUT2D eigenvalue weighted by Crippen LogP contribution is 2.33. The van der Waals surface area contributed by atoms with E-state index in [-0.39, 0.29) is 17.0 Å². The fourth-order valence-electron chi connectivity index (χ4n) is 2.47. The normalized spacial score (nSPS) is 12.4. The second kappa shape index (κ2) is 7.03. The Hall–Kier alpha value is -2.88. The molecule has 0 saturated heterocycles. The van der Waals surface area contributed by atoms with Crippen LogP contribution in [-0.4, -0.2) is 34.8 Å². The fraction of sp³-hybridized carbons (Fsp3) is 0.235. The minimum absolute atomic E-state index is 0.164. The fourth-order valence-corrected chi connectivity index (χ4v) is 3.53. The van der Waals surface area contributed by atoms with Gasteiger partial charge in [0.1, 0.15) is 5.57 Å². The topological polar surface area (TPSA) is 65.7 Å². The Morgan fingerprint density at radius 3 is 2.63 bits per heavy atom. The summed E-state index contributed by atoms with van der Waals surface area (Å²) in [6.07, 6.45) is -3.19. The van der Waals surface area contributed by atoms with Crippen LogP contribution in [0.25, 0.3) is 21.9 Å². The smallest absolute Gasteiger partial charge is 0.416 e. The third-order valence-electron chi connectivity index (χ3n) is 3.75. The molecule has 0 bridgehead atoms. The van der Waals surface area contributed by atoms with Gasteiger partial charge in [0.15, 0.2) is 5.82 Å². The average Bonchev–Trinajstić information content (AvgIpc) is 3.18. The van der Waals surface area contributed by atoms with Crippen LogP contribution in [0.2, 0.25) is 0 Å². The van der Waals surface area contributed by atoms with Crippen LogP contribution >= 0.6 is 11.3 Å². The maximum absolute atomic E-state index is 12.9. The number of rotatable bonds is 4. The van der Waals surface area contributed by atoms with Crippen molar-refractivity contribution < 1.29 is 27.4 Å². The number of thiazole rings is 1. The van der Waals surface area contributed by atoms with E-state index in [9.17, 15) is 18.0 Å². The molecular formula is C17H14F3N3O3S. The molecule has 2 aromatic heterocycles. The number of hydrogen-bond acceptors (Lipinski definition) is 6. The Kier molecular flexibility index (Phi) is 4.92. The Labute approximate surface area is 155 Å². The van der Waals surface area contributed by atoms with Crippen LogP contribution in [-0.2, 0) is 20.4 Å². The quantitative estimate of drug-likeness (QED) is 0.379. The van der Waals surface area contributed by atoms with Crippen molar-refractivity contribution in [3.05, 3.63) is 46.7 Å². The van der Waals surface area contributed by atoms with Gasteiger partial charge in [0.25, 0.3) is 0 Å². The largest absolute Gasteiger partial charge is 0.503 e. The molecule has 1 aromatic carbocycles. The first kappa shape index (κ1) is 18.9. The summed E-state index contributed by atoms with van der Waals surface area (Å²) in [7, 11) is 2.66. The molecule has 0 N–H and O–H groups in total. The number of carbonyl (C=O) groups is 1. The van der Waals surface area contributed by atoms with Gasteiger partial charge in [-0.3, -0.25) is 0 Å². The zero-order valence-corrected chi connectivity index (χ0v) is 15.3. The molecule has 0 amide bonds. The minimum Gasteiger partial charge on any atom is -0.503 e. The number of aromatic nitrogens is 3. The molecule has 2 heterocycles. The minimum atomic E-state index is -4.45. The highest BCUT2D eigenvalue weighted by atomic mass is 32.1. The van der Waals surface area contributed by atoms with Crippen LogP contribution in [0.15, 0.2) is 30.5 Å². The van der Waals surface area contributed by atoms with Gasteiger partial charge >= 0.3 is 12.1 Å². The predicted molar refractivity (Wildman–Crippen MR) is 93.0 cm³/mol. The molecule has 142 valence electrons. The van der Waals surface area contributed by atoms with Crippen molar-refractivity contribution in [2.24, 2.45) is 0 Å². The second-order valence-corrected chi connectivity index (χ2v) is 6.46. The van der Waals surface area contributed by atoms with Crippen LogP contribution in [0.5, 0.6) is 0 Å². The average molecular weight is 397 g/mol. The summed E-state index contributed by atoms with van der Waals surface area (Å²) >= 11 is 1.16. The Morgan fingerprint density at radius 2 is 2.04 bits per heavy atom. The lowest BCUT2D eigenvalue weighted by molar-refractivity contribution is -0.137. The van der Waals surface area contributed by atoms with Gasteiger partial charge in [0, 0.05) is 5.56 Å². The number of esters is 1. The van der Waals surface area contributed by atoms with Crippen molar-refractivity contribution in [1.82, 2.24) is 14.6 Å². The van der Waals surface area contributed by atoms with Gasteiger partial charge in [-0.2, -0.15) is 18.2 Å². The maximum Gasteiger partial charge on any atom is 0.416 e. The molecule has 0 aliphatic heterocycles. The molecule has 0 fully saturated rings. The number of aryl methyl sites for hydroxylation is 1. The molecule has 0 unspecified atom stereocenters. The summed E-state index contributed by atoms with van der Waals surface area (Å²) in [6.45, 7) is 1.72. The number of benzene rings is 1. The standard InChI is InChI=1S/C17H14F3N3O3S/c1-9-13(12(8-25-2)15(24)26-3)27-16-21-14(22-23(9)16)10-5-4-6-11(7-10)17(18,19)20/h4-8H,1-3H3. The third-order valence-corrected chi connectivity index (χ3v) is 4.92. The van der Waals surface area contributed by atoms with Gasteiger partial charge in [0.05, 0.1) is 36.6 Å². The lowest BCUT2D eigenvalue weighted by atomic mass is 10.1. The van der Waals surface area contributed by atoms with Crippen molar-refractivity contribution in [3.8, 4) is 11.4 Å². The Morgan fingerprint density at radius 1 is 1.30 bits per heavy atom. The van der Waals surface area contributed by atoms with E-state index < -0.39 is 17.7 Å². The molecule has 0 aliphatic carbocycles. The van der Waals surface area contributed by atoms with E-state index in [0.717, 1.165) is 23.5 Å². The zero-order chi connectivity index (χ0) is 19.8. The molecule has 3 aromatic rings. The molecule has 0 saturated carbocycles. The van der Waals surface area contributed by atoms with E-state index in [1.165, 1.54) is 37.1 Å². The van der Waals surface area contributed by atoms with Crippen LogP contribution in [0.4, 0.5) is 13.2 Å². The molecule has 0 atom stereocenters. The van der Waals surface area contributed by atoms with Crippen LogP contribution in [0, 0.1) is 6.92 Å². The zero-order valence-electron chi connectivity index (χ0n) is 14.5. The van der Waals surface area contributed by atoms with E-state index in [4.69, 9.17) is 9.47 Å². The van der Waals surface area contributed by atoms with Crippen LogP contribution in [0.1, 0.15) is 16.1 Å². The molecule has 3 rings (SSSR count). The van der Waals surface area contributed by atoms with E-state index in [1.54, 1.807) is 6.92 Å². The number of hydrogen-bond donors (Lipinski definition) is 0. The number of alkyl halides is 3. The number of fused-ring (bicyclic) bond motifs is 1. The van der Waals surface area contributed by atoms with Gasteiger partial charge in [-0.25, -0.2) is 9.31 Å². The Balaban J connectivity index is 2.06. The van der Waals surface area contributed by atoms with Crippen LogP contribution in [0.3, 0.4) is 0 Å². The summed E-state index contributed by atoms with van der Waals surface area (Å²) < 4.78 is 49.9. The third kappa shape index (κ3) is 3.52. The van der Waals surface area contributed by atoms with Gasteiger partial charge in [0.2, 0.25) is 4.96 Å². The summed E-state index contributed by atoms with van der Waals surface area (Å²) in [6, 6.07) is 4.81. The van der Waals surface area contributed by atoms with Gasteiger partial charge in [-0.15, -0.1) is 5.10 Å². The van der Waals surface area contributed by atoms with Gasteiger partial charge in [-0.05, 0) is 19.1 Å².